The highest BCUT2D eigenvalue weighted by Gasteiger charge is 2.25. The molecule has 1 aliphatic rings. The fourth-order valence-electron chi connectivity index (χ4n) is 3.06. The van der Waals surface area contributed by atoms with Crippen LogP contribution in [0.4, 0.5) is 0 Å². The minimum atomic E-state index is 0.371. The maximum Gasteiger partial charge on any atom is 0.0565 e. The van der Waals surface area contributed by atoms with Crippen LogP contribution in [-0.2, 0) is 4.74 Å². The molecule has 2 nitrogen and oxygen atoms in total. The van der Waals surface area contributed by atoms with Crippen molar-refractivity contribution in [2.45, 2.75) is 64.8 Å². The van der Waals surface area contributed by atoms with Gasteiger partial charge in [0.1, 0.15) is 0 Å². The van der Waals surface area contributed by atoms with Gasteiger partial charge in [0.05, 0.1) is 12.2 Å². The Morgan fingerprint density at radius 2 is 1.78 bits per heavy atom. The first-order chi connectivity index (χ1) is 8.56. The molecule has 0 spiro atoms. The van der Waals surface area contributed by atoms with Crippen LogP contribution in [0.2, 0.25) is 0 Å². The Morgan fingerprint density at radius 1 is 1.17 bits per heavy atom. The van der Waals surface area contributed by atoms with Crippen molar-refractivity contribution in [3.8, 4) is 0 Å². The molecule has 3 unspecified atom stereocenters. The lowest BCUT2D eigenvalue weighted by Crippen LogP contribution is -2.42. The van der Waals surface area contributed by atoms with Crippen LogP contribution in [0.5, 0.6) is 0 Å². The zero-order valence-corrected chi connectivity index (χ0v) is 11.9. The normalized spacial score (nSPS) is 30.1. The predicted octanol–water partition coefficient (Wildman–Crippen LogP) is 3.60. The lowest BCUT2D eigenvalue weighted by atomic mass is 9.96. The molecule has 3 atom stereocenters. The number of ether oxygens (including phenoxy) is 1. The molecule has 1 saturated heterocycles. The van der Waals surface area contributed by atoms with Crippen LogP contribution in [0, 0.1) is 6.92 Å². The van der Waals surface area contributed by atoms with E-state index in [-0.39, 0.29) is 0 Å². The zero-order valence-electron chi connectivity index (χ0n) is 11.9. The molecule has 18 heavy (non-hydrogen) atoms. The monoisotopic (exact) mass is 247 g/mol. The summed E-state index contributed by atoms with van der Waals surface area (Å²) in [6.07, 6.45) is 2.96. The molecule has 2 rings (SSSR count). The number of aryl methyl sites for hydroxylation is 1. The van der Waals surface area contributed by atoms with E-state index in [4.69, 9.17) is 4.74 Å². The summed E-state index contributed by atoms with van der Waals surface area (Å²) in [7, 11) is 0. The maximum absolute atomic E-state index is 5.79. The second-order valence-corrected chi connectivity index (χ2v) is 5.67. The highest BCUT2D eigenvalue weighted by molar-refractivity contribution is 5.28. The van der Waals surface area contributed by atoms with Crippen molar-refractivity contribution in [3.63, 3.8) is 0 Å². The van der Waals surface area contributed by atoms with Gasteiger partial charge in [0.25, 0.3) is 0 Å². The molecule has 1 aliphatic heterocycles. The second kappa shape index (κ2) is 5.85. The van der Waals surface area contributed by atoms with Gasteiger partial charge in [-0.25, -0.2) is 0 Å². The zero-order chi connectivity index (χ0) is 13.1. The van der Waals surface area contributed by atoms with Crippen LogP contribution in [0.15, 0.2) is 24.3 Å². The molecule has 0 bridgehead atoms. The van der Waals surface area contributed by atoms with E-state index in [2.05, 4.69) is 57.3 Å². The Bertz CT molecular complexity index is 380. The van der Waals surface area contributed by atoms with Crippen molar-refractivity contribution in [3.05, 3.63) is 35.4 Å². The van der Waals surface area contributed by atoms with Crippen molar-refractivity contribution in [2.75, 3.05) is 0 Å². The topological polar surface area (TPSA) is 21.3 Å². The summed E-state index contributed by atoms with van der Waals surface area (Å²) < 4.78 is 5.79. The fourth-order valence-corrected chi connectivity index (χ4v) is 3.06. The first-order valence-electron chi connectivity index (χ1n) is 7.03. The van der Waals surface area contributed by atoms with E-state index in [1.165, 1.54) is 11.1 Å². The molecule has 1 aromatic carbocycles. The van der Waals surface area contributed by atoms with Crippen molar-refractivity contribution < 1.29 is 4.74 Å². The number of nitrogens with one attached hydrogen (secondary N) is 1. The second-order valence-electron chi connectivity index (χ2n) is 5.67. The molecule has 2 heteroatoms. The highest BCUT2D eigenvalue weighted by atomic mass is 16.5. The molecule has 0 amide bonds. The van der Waals surface area contributed by atoms with Gasteiger partial charge >= 0.3 is 0 Å². The Labute approximate surface area is 111 Å². The Morgan fingerprint density at radius 3 is 2.39 bits per heavy atom. The minimum Gasteiger partial charge on any atom is -0.375 e. The Kier molecular flexibility index (Phi) is 4.41. The molecule has 1 fully saturated rings. The van der Waals surface area contributed by atoms with E-state index in [0.717, 1.165) is 12.8 Å². The molecular weight excluding hydrogens is 222 g/mol. The third-order valence-corrected chi connectivity index (χ3v) is 3.84. The minimum absolute atomic E-state index is 0.371. The highest BCUT2D eigenvalue weighted by Crippen LogP contribution is 2.23. The predicted molar refractivity (Wildman–Crippen MR) is 75.8 cm³/mol. The summed E-state index contributed by atoms with van der Waals surface area (Å²) in [5, 5.41) is 3.76. The number of rotatable bonds is 3. The van der Waals surface area contributed by atoms with Crippen molar-refractivity contribution in [2.24, 2.45) is 0 Å². The average molecular weight is 247 g/mol. The van der Waals surface area contributed by atoms with Gasteiger partial charge in [-0.2, -0.15) is 0 Å². The van der Waals surface area contributed by atoms with Gasteiger partial charge < -0.3 is 10.1 Å². The third-order valence-electron chi connectivity index (χ3n) is 3.84. The van der Waals surface area contributed by atoms with Crippen LogP contribution >= 0.6 is 0 Å². The van der Waals surface area contributed by atoms with E-state index < -0.39 is 0 Å². The van der Waals surface area contributed by atoms with Gasteiger partial charge in [0.2, 0.25) is 0 Å². The number of hydrogen-bond acceptors (Lipinski definition) is 2. The van der Waals surface area contributed by atoms with E-state index in [0.29, 0.717) is 24.3 Å². The van der Waals surface area contributed by atoms with E-state index in [1.54, 1.807) is 0 Å². The van der Waals surface area contributed by atoms with Gasteiger partial charge in [-0.05, 0) is 51.7 Å². The summed E-state index contributed by atoms with van der Waals surface area (Å²) in [6.45, 7) is 8.78. The number of benzene rings is 1. The first kappa shape index (κ1) is 13.6. The van der Waals surface area contributed by atoms with Gasteiger partial charge in [-0.1, -0.05) is 24.3 Å². The van der Waals surface area contributed by atoms with E-state index in [9.17, 15) is 0 Å². The molecule has 100 valence electrons. The van der Waals surface area contributed by atoms with Gasteiger partial charge in [-0.3, -0.25) is 0 Å². The summed E-state index contributed by atoms with van der Waals surface area (Å²) in [6, 6.07) is 9.61. The van der Waals surface area contributed by atoms with Crippen LogP contribution in [0.1, 0.15) is 50.8 Å². The van der Waals surface area contributed by atoms with Gasteiger partial charge in [0, 0.05) is 12.1 Å². The molecule has 0 aromatic heterocycles. The molecule has 1 heterocycles. The van der Waals surface area contributed by atoms with Crippen LogP contribution in [0.3, 0.4) is 0 Å². The quantitative estimate of drug-likeness (QED) is 0.881. The third kappa shape index (κ3) is 3.33. The molecular formula is C16H25NO. The van der Waals surface area contributed by atoms with Crippen LogP contribution < -0.4 is 5.32 Å². The molecule has 1 aromatic rings. The van der Waals surface area contributed by atoms with Crippen molar-refractivity contribution in [1.29, 1.82) is 0 Å². The van der Waals surface area contributed by atoms with Crippen molar-refractivity contribution in [1.82, 2.24) is 5.32 Å². The Balaban J connectivity index is 1.99. The fraction of sp³-hybridized carbons (Fsp3) is 0.625. The summed E-state index contributed by atoms with van der Waals surface area (Å²) in [4.78, 5) is 0. The van der Waals surface area contributed by atoms with Crippen LogP contribution in [0.25, 0.3) is 0 Å². The van der Waals surface area contributed by atoms with Crippen LogP contribution in [-0.4, -0.2) is 18.2 Å². The Hall–Kier alpha value is -0.860. The molecule has 1 N–H and O–H groups in total. The standard InChI is InChI=1S/C16H25NO/c1-11-7-5-6-8-16(11)14(4)17-15-9-12(2)18-13(3)10-15/h5-8,12-15,17H,9-10H2,1-4H3. The first-order valence-corrected chi connectivity index (χ1v) is 7.03. The summed E-state index contributed by atoms with van der Waals surface area (Å²) >= 11 is 0. The van der Waals surface area contributed by atoms with Gasteiger partial charge in [0.15, 0.2) is 0 Å². The van der Waals surface area contributed by atoms with E-state index in [1.807, 2.05) is 0 Å². The maximum atomic E-state index is 5.79. The largest absolute Gasteiger partial charge is 0.375 e. The van der Waals surface area contributed by atoms with E-state index >= 15 is 0 Å². The lowest BCUT2D eigenvalue weighted by molar-refractivity contribution is -0.0433. The van der Waals surface area contributed by atoms with Gasteiger partial charge in [-0.15, -0.1) is 0 Å². The molecule has 0 radical (unpaired) electrons. The summed E-state index contributed by atoms with van der Waals surface area (Å²) in [5.41, 5.74) is 2.77. The number of hydrogen-bond donors (Lipinski definition) is 1. The average Bonchev–Trinajstić information content (AvgIpc) is 2.27. The molecule has 0 aliphatic carbocycles. The van der Waals surface area contributed by atoms with Crippen molar-refractivity contribution >= 4 is 0 Å². The summed E-state index contributed by atoms with van der Waals surface area (Å²) in [5.74, 6) is 0. The lowest BCUT2D eigenvalue weighted by Gasteiger charge is -2.34. The smallest absolute Gasteiger partial charge is 0.0565 e. The molecule has 0 saturated carbocycles. The SMILES string of the molecule is Cc1ccccc1C(C)NC1CC(C)OC(C)C1.